The van der Waals surface area contributed by atoms with Gasteiger partial charge in [-0.05, 0) is 18.9 Å². The molecule has 0 radical (unpaired) electrons. The minimum Gasteiger partial charge on any atom is -0.305 e. The van der Waals surface area contributed by atoms with Crippen LogP contribution in [0.1, 0.15) is 31.0 Å². The molecule has 0 aliphatic carbocycles. The van der Waals surface area contributed by atoms with Gasteiger partial charge in [0.25, 0.3) is 5.56 Å². The summed E-state index contributed by atoms with van der Waals surface area (Å²) in [5.41, 5.74) is 2.01. The van der Waals surface area contributed by atoms with Gasteiger partial charge >= 0.3 is 0 Å². The molecule has 0 aromatic carbocycles. The predicted octanol–water partition coefficient (Wildman–Crippen LogP) is 1.79. The largest absolute Gasteiger partial charge is 0.305 e. The van der Waals surface area contributed by atoms with Crippen LogP contribution in [0.4, 0.5) is 0 Å². The smallest absolute Gasteiger partial charge is 0.259 e. The van der Waals surface area contributed by atoms with Crippen molar-refractivity contribution in [3.05, 3.63) is 40.1 Å². The number of aromatic nitrogens is 4. The van der Waals surface area contributed by atoms with Crippen LogP contribution in [0.25, 0.3) is 16.6 Å². The summed E-state index contributed by atoms with van der Waals surface area (Å²) in [6.45, 7) is 2.09. The van der Waals surface area contributed by atoms with E-state index in [-0.39, 0.29) is 5.56 Å². The van der Waals surface area contributed by atoms with E-state index in [0.29, 0.717) is 22.1 Å². The first-order valence-corrected chi connectivity index (χ1v) is 6.54. The fraction of sp³-hybridized carbons (Fsp3) is 0.286. The number of aromatic amines is 1. The van der Waals surface area contributed by atoms with E-state index >= 15 is 0 Å². The third kappa shape index (κ3) is 1.75. The molecule has 0 atom stereocenters. The molecule has 0 amide bonds. The topological polar surface area (TPSA) is 86.8 Å². The quantitative estimate of drug-likeness (QED) is 0.783. The molecule has 0 saturated heterocycles. The van der Waals surface area contributed by atoms with E-state index in [9.17, 15) is 10.1 Å². The molecule has 0 unspecified atom stereocenters. The van der Waals surface area contributed by atoms with Crippen LogP contribution in [0.5, 0.6) is 0 Å². The van der Waals surface area contributed by atoms with E-state index in [1.54, 1.807) is 23.0 Å². The number of pyridine rings is 1. The van der Waals surface area contributed by atoms with E-state index in [0.717, 1.165) is 25.0 Å². The van der Waals surface area contributed by atoms with Crippen molar-refractivity contribution in [1.29, 1.82) is 5.26 Å². The molecule has 0 spiro atoms. The lowest BCUT2D eigenvalue weighted by atomic mass is 10.1. The van der Waals surface area contributed by atoms with E-state index in [4.69, 9.17) is 0 Å². The van der Waals surface area contributed by atoms with Crippen LogP contribution in [0.3, 0.4) is 0 Å². The molecule has 3 aromatic rings. The number of hydrogen-bond donors (Lipinski definition) is 1. The minimum absolute atomic E-state index is 0.228. The Kier molecular flexibility index (Phi) is 2.95. The van der Waals surface area contributed by atoms with Crippen LogP contribution >= 0.6 is 0 Å². The Hall–Kier alpha value is -2.68. The highest BCUT2D eigenvalue weighted by molar-refractivity contribution is 5.80. The van der Waals surface area contributed by atoms with Gasteiger partial charge in [-0.25, -0.2) is 4.52 Å². The number of hydrogen-bond acceptors (Lipinski definition) is 4. The molecule has 3 rings (SSSR count). The fourth-order valence-corrected chi connectivity index (χ4v) is 2.31. The van der Waals surface area contributed by atoms with Gasteiger partial charge < -0.3 is 4.98 Å². The zero-order chi connectivity index (χ0) is 14.1. The molecule has 6 nitrogen and oxygen atoms in total. The van der Waals surface area contributed by atoms with Crippen LogP contribution in [0.15, 0.2) is 23.3 Å². The Morgan fingerprint density at radius 2 is 2.35 bits per heavy atom. The van der Waals surface area contributed by atoms with E-state index in [2.05, 4.69) is 28.1 Å². The predicted molar refractivity (Wildman–Crippen MR) is 74.4 cm³/mol. The molecular formula is C14H13N5O. The average molecular weight is 267 g/mol. The monoisotopic (exact) mass is 267 g/mol. The summed E-state index contributed by atoms with van der Waals surface area (Å²) in [7, 11) is 0. The molecule has 0 aliphatic heterocycles. The Morgan fingerprint density at radius 3 is 3.10 bits per heavy atom. The van der Waals surface area contributed by atoms with Crippen LogP contribution in [-0.2, 0) is 6.42 Å². The highest BCUT2D eigenvalue weighted by Gasteiger charge is 2.15. The first-order valence-electron chi connectivity index (χ1n) is 6.54. The number of rotatable bonds is 3. The number of aryl methyl sites for hydroxylation is 1. The van der Waals surface area contributed by atoms with Gasteiger partial charge in [-0.1, -0.05) is 13.3 Å². The third-order valence-electron chi connectivity index (χ3n) is 3.34. The lowest BCUT2D eigenvalue weighted by molar-refractivity contribution is 0.764. The SMILES string of the molecule is CCCCc1nn2c([nH]c(=O)c3ccncc32)c1C#N. The van der Waals surface area contributed by atoms with Crippen molar-refractivity contribution in [1.82, 2.24) is 19.6 Å². The van der Waals surface area contributed by atoms with Gasteiger partial charge in [0.05, 0.1) is 22.8 Å². The summed E-state index contributed by atoms with van der Waals surface area (Å²) in [5.74, 6) is 0. The van der Waals surface area contributed by atoms with Crippen LogP contribution in [0, 0.1) is 11.3 Å². The Bertz CT molecular complexity index is 884. The summed E-state index contributed by atoms with van der Waals surface area (Å²) < 4.78 is 1.60. The summed E-state index contributed by atoms with van der Waals surface area (Å²) in [6, 6.07) is 3.79. The molecule has 1 N–H and O–H groups in total. The maximum absolute atomic E-state index is 12.1. The number of nitrogens with zero attached hydrogens (tertiary/aromatic N) is 4. The number of nitriles is 1. The first kappa shape index (κ1) is 12.4. The second-order valence-corrected chi connectivity index (χ2v) is 4.64. The molecule has 0 bridgehead atoms. The zero-order valence-electron chi connectivity index (χ0n) is 11.1. The highest BCUT2D eigenvalue weighted by atomic mass is 16.1. The molecule has 3 aromatic heterocycles. The fourth-order valence-electron chi connectivity index (χ4n) is 2.31. The first-order chi connectivity index (χ1) is 9.76. The molecule has 0 saturated carbocycles. The van der Waals surface area contributed by atoms with Gasteiger partial charge in [-0.15, -0.1) is 0 Å². The standard InChI is InChI=1S/C14H13N5O/c1-2-3-4-11-10(7-15)13-17-14(20)9-5-6-16-8-12(9)19(13)18-11/h5-6,8H,2-4H2,1H3,(H,17,20). The van der Waals surface area contributed by atoms with Crippen LogP contribution in [-0.4, -0.2) is 19.6 Å². The molecule has 6 heteroatoms. The van der Waals surface area contributed by atoms with Crippen molar-refractivity contribution in [3.63, 3.8) is 0 Å². The van der Waals surface area contributed by atoms with E-state index < -0.39 is 0 Å². The summed E-state index contributed by atoms with van der Waals surface area (Å²) >= 11 is 0. The summed E-state index contributed by atoms with van der Waals surface area (Å²) in [6.07, 6.45) is 5.87. The number of unbranched alkanes of at least 4 members (excludes halogenated alkanes) is 1. The van der Waals surface area contributed by atoms with Gasteiger partial charge in [0.15, 0.2) is 5.65 Å². The molecule has 20 heavy (non-hydrogen) atoms. The normalized spacial score (nSPS) is 11.0. The third-order valence-corrected chi connectivity index (χ3v) is 3.34. The lowest BCUT2D eigenvalue weighted by Gasteiger charge is -1.99. The highest BCUT2D eigenvalue weighted by Crippen LogP contribution is 2.18. The van der Waals surface area contributed by atoms with Crippen molar-refractivity contribution < 1.29 is 0 Å². The van der Waals surface area contributed by atoms with E-state index in [1.807, 2.05) is 0 Å². The lowest BCUT2D eigenvalue weighted by Crippen LogP contribution is -2.10. The minimum atomic E-state index is -0.228. The Balaban J connectivity index is 2.39. The zero-order valence-corrected chi connectivity index (χ0v) is 11.1. The number of fused-ring (bicyclic) bond motifs is 3. The summed E-state index contributed by atoms with van der Waals surface area (Å²) in [4.78, 5) is 18.8. The number of nitrogens with one attached hydrogen (secondary N) is 1. The van der Waals surface area contributed by atoms with Gasteiger partial charge in [0, 0.05) is 6.20 Å². The van der Waals surface area contributed by atoms with Crippen molar-refractivity contribution >= 4 is 16.6 Å². The van der Waals surface area contributed by atoms with E-state index in [1.165, 1.54) is 0 Å². The van der Waals surface area contributed by atoms with Crippen molar-refractivity contribution in [2.24, 2.45) is 0 Å². The van der Waals surface area contributed by atoms with Crippen molar-refractivity contribution in [3.8, 4) is 6.07 Å². The summed E-state index contributed by atoms with van der Waals surface area (Å²) in [5, 5.41) is 14.3. The molecular weight excluding hydrogens is 254 g/mol. The Labute approximate surface area is 114 Å². The van der Waals surface area contributed by atoms with Crippen LogP contribution in [0.2, 0.25) is 0 Å². The maximum Gasteiger partial charge on any atom is 0.259 e. The van der Waals surface area contributed by atoms with Crippen LogP contribution < -0.4 is 5.56 Å². The maximum atomic E-state index is 12.1. The van der Waals surface area contributed by atoms with Crippen molar-refractivity contribution in [2.75, 3.05) is 0 Å². The number of H-pyrrole nitrogens is 1. The van der Waals surface area contributed by atoms with Gasteiger partial charge in [-0.2, -0.15) is 10.4 Å². The second kappa shape index (κ2) is 4.78. The Morgan fingerprint density at radius 1 is 1.50 bits per heavy atom. The van der Waals surface area contributed by atoms with Crippen molar-refractivity contribution in [2.45, 2.75) is 26.2 Å². The molecule has 100 valence electrons. The molecule has 3 heterocycles. The average Bonchev–Trinajstić information content (AvgIpc) is 2.83. The second-order valence-electron chi connectivity index (χ2n) is 4.64. The van der Waals surface area contributed by atoms with Gasteiger partial charge in [0.1, 0.15) is 11.6 Å². The molecule has 0 fully saturated rings. The van der Waals surface area contributed by atoms with Gasteiger partial charge in [-0.3, -0.25) is 9.78 Å². The molecule has 0 aliphatic rings. The van der Waals surface area contributed by atoms with Gasteiger partial charge in [0.2, 0.25) is 0 Å².